The number of hydrogen-bond acceptors (Lipinski definition) is 3. The number of ether oxygens (including phenoxy) is 1. The number of aryl methyl sites for hydroxylation is 1. The smallest absolute Gasteiger partial charge is 0.239 e. The molecule has 0 heterocycles. The van der Waals surface area contributed by atoms with Crippen molar-refractivity contribution in [2.75, 3.05) is 19.0 Å². The summed E-state index contributed by atoms with van der Waals surface area (Å²) in [6.45, 7) is 2.77. The molecule has 1 amide bonds. The standard InChI is InChI=1S/C17H19BrN2O2/c1-12-3-6-14(9-16(12)18)19-11-17(21)20-10-13-4-7-15(22-2)8-5-13/h3-9,19H,10-11H2,1-2H3,(H,20,21). The van der Waals surface area contributed by atoms with Crippen LogP contribution in [0.4, 0.5) is 5.69 Å². The van der Waals surface area contributed by atoms with Crippen LogP contribution in [-0.4, -0.2) is 19.6 Å². The number of carbonyl (C=O) groups is 1. The van der Waals surface area contributed by atoms with E-state index < -0.39 is 0 Å². The second kappa shape index (κ2) is 7.84. The van der Waals surface area contributed by atoms with Crippen LogP contribution >= 0.6 is 15.9 Å². The molecule has 0 fully saturated rings. The number of nitrogens with one attached hydrogen (secondary N) is 2. The molecule has 5 heteroatoms. The Morgan fingerprint density at radius 1 is 1.18 bits per heavy atom. The van der Waals surface area contributed by atoms with E-state index in [0.717, 1.165) is 27.0 Å². The van der Waals surface area contributed by atoms with Crippen molar-refractivity contribution in [3.05, 3.63) is 58.1 Å². The van der Waals surface area contributed by atoms with Gasteiger partial charge in [-0.3, -0.25) is 4.79 Å². The maximum Gasteiger partial charge on any atom is 0.239 e. The van der Waals surface area contributed by atoms with Gasteiger partial charge in [-0.15, -0.1) is 0 Å². The molecular formula is C17H19BrN2O2. The first-order chi connectivity index (χ1) is 10.6. The minimum Gasteiger partial charge on any atom is -0.497 e. The molecule has 0 saturated carbocycles. The van der Waals surface area contributed by atoms with Crippen LogP contribution < -0.4 is 15.4 Å². The number of anilines is 1. The van der Waals surface area contributed by atoms with Crippen LogP contribution in [0.1, 0.15) is 11.1 Å². The molecule has 0 unspecified atom stereocenters. The van der Waals surface area contributed by atoms with Crippen molar-refractivity contribution in [1.82, 2.24) is 5.32 Å². The van der Waals surface area contributed by atoms with Crippen molar-refractivity contribution in [2.45, 2.75) is 13.5 Å². The second-order valence-corrected chi connectivity index (χ2v) is 5.80. The van der Waals surface area contributed by atoms with E-state index in [1.807, 2.05) is 49.4 Å². The van der Waals surface area contributed by atoms with Crippen LogP contribution in [0.3, 0.4) is 0 Å². The number of carbonyl (C=O) groups excluding carboxylic acids is 1. The molecule has 22 heavy (non-hydrogen) atoms. The molecule has 0 saturated heterocycles. The molecule has 0 aromatic heterocycles. The fourth-order valence-corrected chi connectivity index (χ4v) is 2.27. The zero-order valence-corrected chi connectivity index (χ0v) is 14.2. The highest BCUT2D eigenvalue weighted by Crippen LogP contribution is 2.20. The van der Waals surface area contributed by atoms with Crippen molar-refractivity contribution in [1.29, 1.82) is 0 Å². The molecular weight excluding hydrogens is 344 g/mol. The van der Waals surface area contributed by atoms with Gasteiger partial charge in [-0.1, -0.05) is 34.1 Å². The van der Waals surface area contributed by atoms with Gasteiger partial charge in [0, 0.05) is 16.7 Å². The molecule has 0 spiro atoms. The monoisotopic (exact) mass is 362 g/mol. The number of halogens is 1. The summed E-state index contributed by atoms with van der Waals surface area (Å²) in [5.41, 5.74) is 3.11. The highest BCUT2D eigenvalue weighted by molar-refractivity contribution is 9.10. The Morgan fingerprint density at radius 3 is 2.55 bits per heavy atom. The van der Waals surface area contributed by atoms with Crippen LogP contribution in [0.15, 0.2) is 46.9 Å². The van der Waals surface area contributed by atoms with Gasteiger partial charge in [0.2, 0.25) is 5.91 Å². The van der Waals surface area contributed by atoms with Crippen molar-refractivity contribution in [3.8, 4) is 5.75 Å². The zero-order chi connectivity index (χ0) is 15.9. The lowest BCUT2D eigenvalue weighted by molar-refractivity contribution is -0.119. The maximum atomic E-state index is 11.9. The average Bonchev–Trinajstić information content (AvgIpc) is 2.54. The van der Waals surface area contributed by atoms with E-state index in [0.29, 0.717) is 6.54 Å². The number of rotatable bonds is 6. The van der Waals surface area contributed by atoms with Crippen molar-refractivity contribution in [2.24, 2.45) is 0 Å². The van der Waals surface area contributed by atoms with Crippen LogP contribution in [0.25, 0.3) is 0 Å². The summed E-state index contributed by atoms with van der Waals surface area (Å²) < 4.78 is 6.12. The lowest BCUT2D eigenvalue weighted by atomic mass is 10.2. The van der Waals surface area contributed by atoms with E-state index in [9.17, 15) is 4.79 Å². The van der Waals surface area contributed by atoms with Crippen molar-refractivity contribution >= 4 is 27.5 Å². The van der Waals surface area contributed by atoms with Gasteiger partial charge in [0.1, 0.15) is 5.75 Å². The molecule has 0 aliphatic carbocycles. The van der Waals surface area contributed by atoms with E-state index in [1.54, 1.807) is 7.11 Å². The molecule has 0 atom stereocenters. The van der Waals surface area contributed by atoms with Gasteiger partial charge in [0.25, 0.3) is 0 Å². The fourth-order valence-electron chi connectivity index (χ4n) is 1.89. The molecule has 0 bridgehead atoms. The highest BCUT2D eigenvalue weighted by atomic mass is 79.9. The van der Waals surface area contributed by atoms with Gasteiger partial charge in [-0.2, -0.15) is 0 Å². The molecule has 4 nitrogen and oxygen atoms in total. The molecule has 2 rings (SSSR count). The number of hydrogen-bond donors (Lipinski definition) is 2. The van der Waals surface area contributed by atoms with Gasteiger partial charge in [-0.05, 0) is 42.3 Å². The Kier molecular flexibility index (Phi) is 5.83. The van der Waals surface area contributed by atoms with Gasteiger partial charge >= 0.3 is 0 Å². The van der Waals surface area contributed by atoms with Crippen LogP contribution in [-0.2, 0) is 11.3 Å². The molecule has 116 valence electrons. The fraction of sp³-hybridized carbons (Fsp3) is 0.235. The quantitative estimate of drug-likeness (QED) is 0.826. The Morgan fingerprint density at radius 2 is 1.91 bits per heavy atom. The number of methoxy groups -OCH3 is 1. The Bertz CT molecular complexity index is 642. The molecule has 2 aromatic carbocycles. The van der Waals surface area contributed by atoms with Gasteiger partial charge in [0.15, 0.2) is 0 Å². The Balaban J connectivity index is 1.78. The van der Waals surface area contributed by atoms with Crippen molar-refractivity contribution in [3.63, 3.8) is 0 Å². The van der Waals surface area contributed by atoms with Crippen LogP contribution in [0, 0.1) is 6.92 Å². The summed E-state index contributed by atoms with van der Waals surface area (Å²) in [5.74, 6) is 0.759. The molecule has 2 aromatic rings. The lowest BCUT2D eigenvalue weighted by Crippen LogP contribution is -2.29. The summed E-state index contributed by atoms with van der Waals surface area (Å²) in [4.78, 5) is 11.9. The third-order valence-corrected chi connectivity index (χ3v) is 4.13. The summed E-state index contributed by atoms with van der Waals surface area (Å²) in [6.07, 6.45) is 0. The van der Waals surface area contributed by atoms with Gasteiger partial charge in [0.05, 0.1) is 13.7 Å². The van der Waals surface area contributed by atoms with Crippen molar-refractivity contribution < 1.29 is 9.53 Å². The van der Waals surface area contributed by atoms with E-state index in [4.69, 9.17) is 4.74 Å². The maximum absolute atomic E-state index is 11.9. The third kappa shape index (κ3) is 4.77. The van der Waals surface area contributed by atoms with Gasteiger partial charge in [-0.25, -0.2) is 0 Å². The molecule has 2 N–H and O–H groups in total. The first-order valence-corrected chi connectivity index (χ1v) is 7.77. The second-order valence-electron chi connectivity index (χ2n) is 4.94. The predicted octanol–water partition coefficient (Wildman–Crippen LogP) is 3.49. The Hall–Kier alpha value is -2.01. The van der Waals surface area contributed by atoms with E-state index in [1.165, 1.54) is 0 Å². The SMILES string of the molecule is COc1ccc(CNC(=O)CNc2ccc(C)c(Br)c2)cc1. The largest absolute Gasteiger partial charge is 0.497 e. The minimum atomic E-state index is -0.0486. The first kappa shape index (κ1) is 16.4. The minimum absolute atomic E-state index is 0.0486. The highest BCUT2D eigenvalue weighted by Gasteiger charge is 2.03. The Labute approximate surface area is 139 Å². The summed E-state index contributed by atoms with van der Waals surface area (Å²) in [7, 11) is 1.63. The molecule has 0 aliphatic rings. The third-order valence-electron chi connectivity index (χ3n) is 3.27. The van der Waals surface area contributed by atoms with Crippen LogP contribution in [0.2, 0.25) is 0 Å². The molecule has 0 radical (unpaired) electrons. The topological polar surface area (TPSA) is 50.4 Å². The predicted molar refractivity (Wildman–Crippen MR) is 92.2 cm³/mol. The number of benzene rings is 2. The van der Waals surface area contributed by atoms with E-state index >= 15 is 0 Å². The summed E-state index contributed by atoms with van der Waals surface area (Å²) >= 11 is 3.48. The summed E-state index contributed by atoms with van der Waals surface area (Å²) in [5, 5.41) is 5.98. The van der Waals surface area contributed by atoms with Gasteiger partial charge < -0.3 is 15.4 Å². The molecule has 0 aliphatic heterocycles. The first-order valence-electron chi connectivity index (χ1n) is 6.98. The normalized spacial score (nSPS) is 10.1. The van der Waals surface area contributed by atoms with E-state index in [-0.39, 0.29) is 12.5 Å². The average molecular weight is 363 g/mol. The summed E-state index contributed by atoms with van der Waals surface area (Å²) in [6, 6.07) is 13.5. The van der Waals surface area contributed by atoms with Crippen LogP contribution in [0.5, 0.6) is 5.75 Å². The lowest BCUT2D eigenvalue weighted by Gasteiger charge is -2.09. The zero-order valence-electron chi connectivity index (χ0n) is 12.7. The van der Waals surface area contributed by atoms with E-state index in [2.05, 4.69) is 26.6 Å². The number of amides is 1.